The summed E-state index contributed by atoms with van der Waals surface area (Å²) in [5.74, 6) is 0.974. The van der Waals surface area contributed by atoms with E-state index in [1.165, 1.54) is 0 Å². The van der Waals surface area contributed by atoms with Gasteiger partial charge in [0.1, 0.15) is 11.6 Å². The summed E-state index contributed by atoms with van der Waals surface area (Å²) in [5.41, 5.74) is 0.825. The lowest BCUT2D eigenvalue weighted by Gasteiger charge is -1.99. The Hall–Kier alpha value is -1.25. The Kier molecular flexibility index (Phi) is 3.55. The lowest BCUT2D eigenvalue weighted by Crippen LogP contribution is -2.04. The van der Waals surface area contributed by atoms with Gasteiger partial charge in [0, 0.05) is 19.0 Å². The van der Waals surface area contributed by atoms with Crippen molar-refractivity contribution in [1.82, 2.24) is 9.97 Å². The van der Waals surface area contributed by atoms with Gasteiger partial charge in [-0.15, -0.1) is 0 Å². The van der Waals surface area contributed by atoms with Crippen LogP contribution in [-0.2, 0) is 11.2 Å². The Balaban J connectivity index is 2.58. The summed E-state index contributed by atoms with van der Waals surface area (Å²) in [7, 11) is 0. The largest absolute Gasteiger partial charge is 0.299 e. The van der Waals surface area contributed by atoms with Crippen molar-refractivity contribution < 1.29 is 4.79 Å². The summed E-state index contributed by atoms with van der Waals surface area (Å²) < 4.78 is 0. The van der Waals surface area contributed by atoms with Crippen LogP contribution in [0.2, 0.25) is 0 Å². The van der Waals surface area contributed by atoms with Gasteiger partial charge < -0.3 is 0 Å². The van der Waals surface area contributed by atoms with E-state index in [-0.39, 0.29) is 5.78 Å². The van der Waals surface area contributed by atoms with Crippen molar-refractivity contribution >= 4 is 5.78 Å². The van der Waals surface area contributed by atoms with Gasteiger partial charge in [0.2, 0.25) is 0 Å². The molecule has 3 heteroatoms. The van der Waals surface area contributed by atoms with Crippen molar-refractivity contribution in [2.75, 3.05) is 0 Å². The summed E-state index contributed by atoms with van der Waals surface area (Å²) in [5, 5.41) is 0. The van der Waals surface area contributed by atoms with Crippen LogP contribution in [-0.4, -0.2) is 15.8 Å². The highest BCUT2D eigenvalue weighted by molar-refractivity contribution is 5.80. The smallest absolute Gasteiger partial charge is 0.138 e. The van der Waals surface area contributed by atoms with Crippen LogP contribution in [0.5, 0.6) is 0 Å². The highest BCUT2D eigenvalue weighted by atomic mass is 16.1. The number of carbonyl (C=O) groups excluding carboxylic acids is 1. The Morgan fingerprint density at radius 2 is 2.31 bits per heavy atom. The zero-order chi connectivity index (χ0) is 9.68. The van der Waals surface area contributed by atoms with E-state index < -0.39 is 0 Å². The minimum absolute atomic E-state index is 0.251. The molecule has 0 aromatic carbocycles. The minimum Gasteiger partial charge on any atom is -0.299 e. The maximum atomic E-state index is 11.3. The molecule has 0 unspecified atom stereocenters. The number of aryl methyl sites for hydroxylation is 1. The number of hydrogen-bond acceptors (Lipinski definition) is 3. The van der Waals surface area contributed by atoms with Crippen LogP contribution >= 0.6 is 0 Å². The van der Waals surface area contributed by atoms with E-state index in [0.29, 0.717) is 12.8 Å². The first-order valence-corrected chi connectivity index (χ1v) is 4.52. The first kappa shape index (κ1) is 9.84. The molecule has 0 saturated carbocycles. The molecule has 0 amide bonds. The van der Waals surface area contributed by atoms with E-state index in [0.717, 1.165) is 17.9 Å². The van der Waals surface area contributed by atoms with Crippen molar-refractivity contribution in [2.24, 2.45) is 0 Å². The quantitative estimate of drug-likeness (QED) is 0.704. The van der Waals surface area contributed by atoms with Gasteiger partial charge in [-0.1, -0.05) is 6.92 Å². The monoisotopic (exact) mass is 178 g/mol. The van der Waals surface area contributed by atoms with Gasteiger partial charge in [0.25, 0.3) is 0 Å². The number of aromatic nitrogens is 2. The summed E-state index contributed by atoms with van der Waals surface area (Å²) in [4.78, 5) is 19.4. The molecule has 0 atom stereocenters. The Morgan fingerprint density at radius 3 is 2.92 bits per heavy atom. The molecule has 0 aliphatic heterocycles. The predicted molar refractivity (Wildman–Crippen MR) is 50.4 cm³/mol. The second kappa shape index (κ2) is 4.70. The Bertz CT molecular complexity index is 297. The average Bonchev–Trinajstić information content (AvgIpc) is 2.04. The van der Waals surface area contributed by atoms with Crippen LogP contribution in [0.4, 0.5) is 0 Å². The summed E-state index contributed by atoms with van der Waals surface area (Å²) >= 11 is 0. The van der Waals surface area contributed by atoms with Gasteiger partial charge in [-0.3, -0.25) is 4.79 Å². The number of hydrogen-bond donors (Lipinski definition) is 0. The number of ketones is 1. The Morgan fingerprint density at radius 1 is 1.54 bits per heavy atom. The second-order valence-corrected chi connectivity index (χ2v) is 3.06. The van der Waals surface area contributed by atoms with E-state index in [1.807, 2.05) is 13.8 Å². The number of Topliss-reactive ketones (excluding diaryl/α,β-unsaturated/α-hetero) is 1. The normalized spacial score (nSPS) is 10.0. The highest BCUT2D eigenvalue weighted by Gasteiger charge is 2.03. The first-order valence-electron chi connectivity index (χ1n) is 4.52. The highest BCUT2D eigenvalue weighted by Crippen LogP contribution is 2.00. The molecule has 1 rings (SSSR count). The zero-order valence-corrected chi connectivity index (χ0v) is 8.08. The number of nitrogens with zero attached hydrogens (tertiary/aromatic N) is 2. The number of carbonyl (C=O) groups is 1. The van der Waals surface area contributed by atoms with Gasteiger partial charge in [-0.25, -0.2) is 9.97 Å². The van der Waals surface area contributed by atoms with Crippen molar-refractivity contribution in [3.05, 3.63) is 23.8 Å². The second-order valence-electron chi connectivity index (χ2n) is 3.06. The number of rotatable bonds is 4. The SMILES string of the molecule is CCCC(=O)Cc1ccnc(C)n1. The maximum Gasteiger partial charge on any atom is 0.138 e. The zero-order valence-electron chi connectivity index (χ0n) is 8.08. The van der Waals surface area contributed by atoms with Gasteiger partial charge in [-0.2, -0.15) is 0 Å². The van der Waals surface area contributed by atoms with E-state index in [2.05, 4.69) is 9.97 Å². The van der Waals surface area contributed by atoms with Crippen LogP contribution in [0.1, 0.15) is 31.3 Å². The predicted octanol–water partition coefficient (Wildman–Crippen LogP) is 1.70. The van der Waals surface area contributed by atoms with E-state index >= 15 is 0 Å². The van der Waals surface area contributed by atoms with Crippen molar-refractivity contribution in [1.29, 1.82) is 0 Å². The molecule has 1 aromatic rings. The average molecular weight is 178 g/mol. The van der Waals surface area contributed by atoms with Crippen LogP contribution < -0.4 is 0 Å². The van der Waals surface area contributed by atoms with E-state index in [4.69, 9.17) is 0 Å². The molecule has 13 heavy (non-hydrogen) atoms. The van der Waals surface area contributed by atoms with Crippen molar-refractivity contribution in [2.45, 2.75) is 33.1 Å². The third-order valence-corrected chi connectivity index (χ3v) is 1.74. The Labute approximate surface area is 78.2 Å². The molecular weight excluding hydrogens is 164 g/mol. The minimum atomic E-state index is 0.251. The van der Waals surface area contributed by atoms with Gasteiger partial charge >= 0.3 is 0 Å². The van der Waals surface area contributed by atoms with Crippen LogP contribution in [0.15, 0.2) is 12.3 Å². The molecule has 0 fully saturated rings. The summed E-state index contributed by atoms with van der Waals surface area (Å²) in [6.07, 6.45) is 3.68. The topological polar surface area (TPSA) is 42.9 Å². The lowest BCUT2D eigenvalue weighted by molar-refractivity contribution is -0.118. The third-order valence-electron chi connectivity index (χ3n) is 1.74. The summed E-state index contributed by atoms with van der Waals surface area (Å²) in [6.45, 7) is 3.83. The molecule has 0 spiro atoms. The lowest BCUT2D eigenvalue weighted by atomic mass is 10.1. The third kappa shape index (κ3) is 3.32. The van der Waals surface area contributed by atoms with Crippen LogP contribution in [0.25, 0.3) is 0 Å². The van der Waals surface area contributed by atoms with Gasteiger partial charge in [0.05, 0.1) is 5.69 Å². The van der Waals surface area contributed by atoms with Gasteiger partial charge in [-0.05, 0) is 19.4 Å². The molecule has 0 aliphatic rings. The molecule has 1 aromatic heterocycles. The standard InChI is InChI=1S/C10H14N2O/c1-3-4-10(13)7-9-5-6-11-8(2)12-9/h5-6H,3-4,7H2,1-2H3. The van der Waals surface area contributed by atoms with Crippen LogP contribution in [0, 0.1) is 6.92 Å². The fourth-order valence-electron chi connectivity index (χ4n) is 1.17. The fourth-order valence-corrected chi connectivity index (χ4v) is 1.17. The van der Waals surface area contributed by atoms with Crippen molar-refractivity contribution in [3.63, 3.8) is 0 Å². The van der Waals surface area contributed by atoms with Gasteiger partial charge in [0.15, 0.2) is 0 Å². The molecule has 0 N–H and O–H groups in total. The fraction of sp³-hybridized carbons (Fsp3) is 0.500. The molecule has 0 bridgehead atoms. The molecule has 0 saturated heterocycles. The molecule has 3 nitrogen and oxygen atoms in total. The molecule has 1 heterocycles. The van der Waals surface area contributed by atoms with E-state index in [9.17, 15) is 4.79 Å². The van der Waals surface area contributed by atoms with Crippen molar-refractivity contribution in [3.8, 4) is 0 Å². The van der Waals surface area contributed by atoms with E-state index in [1.54, 1.807) is 12.3 Å². The molecule has 70 valence electrons. The van der Waals surface area contributed by atoms with Crippen LogP contribution in [0.3, 0.4) is 0 Å². The molecule has 0 radical (unpaired) electrons. The first-order chi connectivity index (χ1) is 6.22. The maximum absolute atomic E-state index is 11.3. The molecule has 0 aliphatic carbocycles. The summed E-state index contributed by atoms with van der Waals surface area (Å²) in [6, 6.07) is 1.79. The molecular formula is C10H14N2O.